The van der Waals surface area contributed by atoms with Crippen LogP contribution in [0.1, 0.15) is 0 Å². The zero-order valence-corrected chi connectivity index (χ0v) is 10.9. The van der Waals surface area contributed by atoms with Gasteiger partial charge in [0.1, 0.15) is 16.4 Å². The highest BCUT2D eigenvalue weighted by Gasteiger charge is 2.25. The first-order valence-electron chi connectivity index (χ1n) is 4.72. The molecule has 0 aromatic heterocycles. The summed E-state index contributed by atoms with van der Waals surface area (Å²) in [6, 6.07) is 4.44. The summed E-state index contributed by atoms with van der Waals surface area (Å²) < 4.78 is 34.8. The molecule has 0 aliphatic rings. The Kier molecular flexibility index (Phi) is 4.33. The van der Waals surface area contributed by atoms with E-state index >= 15 is 0 Å². The topological polar surface area (TPSA) is 65.1 Å². The van der Waals surface area contributed by atoms with E-state index < -0.39 is 10.0 Å². The number of hydroxylamine groups is 1. The lowest BCUT2D eigenvalue weighted by molar-refractivity contribution is -0.0259. The van der Waals surface area contributed by atoms with Gasteiger partial charge in [-0.2, -0.15) is 0 Å². The first kappa shape index (κ1) is 13.8. The third-order valence-corrected chi connectivity index (χ3v) is 3.96. The lowest BCUT2D eigenvalue weighted by Gasteiger charge is -2.16. The number of nitrogens with zero attached hydrogens (tertiary/aromatic N) is 1. The van der Waals surface area contributed by atoms with Crippen molar-refractivity contribution in [2.75, 3.05) is 28.4 Å². The molecule has 0 radical (unpaired) electrons. The van der Waals surface area contributed by atoms with E-state index in [1.807, 2.05) is 0 Å². The quantitative estimate of drug-likeness (QED) is 0.736. The maximum atomic E-state index is 12.0. The van der Waals surface area contributed by atoms with Crippen LogP contribution in [0.2, 0.25) is 0 Å². The number of methoxy groups -OCH3 is 2. The van der Waals surface area contributed by atoms with Crippen molar-refractivity contribution in [3.05, 3.63) is 18.2 Å². The Labute approximate surface area is 101 Å². The lowest BCUT2D eigenvalue weighted by atomic mass is 10.3. The van der Waals surface area contributed by atoms with E-state index in [4.69, 9.17) is 9.47 Å². The van der Waals surface area contributed by atoms with Gasteiger partial charge in [-0.05, 0) is 12.1 Å². The molecular weight excluding hydrogens is 246 g/mol. The zero-order chi connectivity index (χ0) is 13.1. The van der Waals surface area contributed by atoms with Crippen molar-refractivity contribution in [1.29, 1.82) is 0 Å². The molecule has 0 aliphatic carbocycles. The minimum Gasteiger partial charge on any atom is -0.497 e. The molecule has 7 heteroatoms. The van der Waals surface area contributed by atoms with Crippen LogP contribution in [0.15, 0.2) is 23.1 Å². The Balaban J connectivity index is 3.32. The fourth-order valence-corrected chi connectivity index (χ4v) is 2.33. The summed E-state index contributed by atoms with van der Waals surface area (Å²) in [4.78, 5) is 4.70. The van der Waals surface area contributed by atoms with Crippen LogP contribution in [0.3, 0.4) is 0 Å². The summed E-state index contributed by atoms with van der Waals surface area (Å²) in [6.45, 7) is 0. The van der Waals surface area contributed by atoms with E-state index in [1.165, 1.54) is 40.5 Å². The lowest BCUT2D eigenvalue weighted by Crippen LogP contribution is -2.26. The molecule has 6 nitrogen and oxygen atoms in total. The second kappa shape index (κ2) is 5.35. The van der Waals surface area contributed by atoms with Crippen LogP contribution in [-0.2, 0) is 14.9 Å². The monoisotopic (exact) mass is 261 g/mol. The highest BCUT2D eigenvalue weighted by molar-refractivity contribution is 7.89. The van der Waals surface area contributed by atoms with E-state index in [1.54, 1.807) is 6.07 Å². The summed E-state index contributed by atoms with van der Waals surface area (Å²) in [5, 5.41) is 0. The SMILES string of the molecule is COc1ccc(S(=O)(=O)N(C)OC)c(OC)c1. The van der Waals surface area contributed by atoms with Crippen LogP contribution < -0.4 is 9.47 Å². The normalized spacial score (nSPS) is 11.6. The van der Waals surface area contributed by atoms with Gasteiger partial charge in [0.15, 0.2) is 0 Å². The standard InChI is InChI=1S/C10H15NO5S/c1-11(16-4)17(12,13)10-6-5-8(14-2)7-9(10)15-3/h5-7H,1-4H3. The van der Waals surface area contributed by atoms with Gasteiger partial charge in [0.25, 0.3) is 10.0 Å². The van der Waals surface area contributed by atoms with Gasteiger partial charge in [0.05, 0.1) is 21.3 Å². The molecule has 0 bridgehead atoms. The van der Waals surface area contributed by atoms with Crippen LogP contribution in [-0.4, -0.2) is 41.3 Å². The Morgan fingerprint density at radius 2 is 1.76 bits per heavy atom. The van der Waals surface area contributed by atoms with Gasteiger partial charge in [0, 0.05) is 13.1 Å². The molecule has 1 aromatic carbocycles. The first-order valence-corrected chi connectivity index (χ1v) is 6.16. The molecule has 0 saturated carbocycles. The average molecular weight is 261 g/mol. The van der Waals surface area contributed by atoms with Crippen LogP contribution in [0.4, 0.5) is 0 Å². The highest BCUT2D eigenvalue weighted by Crippen LogP contribution is 2.29. The maximum Gasteiger partial charge on any atom is 0.268 e. The van der Waals surface area contributed by atoms with Gasteiger partial charge in [-0.25, -0.2) is 8.42 Å². The summed E-state index contributed by atoms with van der Waals surface area (Å²) in [6.07, 6.45) is 0. The highest BCUT2D eigenvalue weighted by atomic mass is 32.2. The number of rotatable bonds is 5. The van der Waals surface area contributed by atoms with Gasteiger partial charge < -0.3 is 9.47 Å². The summed E-state index contributed by atoms with van der Waals surface area (Å²) >= 11 is 0. The molecule has 1 aromatic rings. The van der Waals surface area contributed by atoms with Gasteiger partial charge >= 0.3 is 0 Å². The van der Waals surface area contributed by atoms with Crippen molar-refractivity contribution < 1.29 is 22.7 Å². The maximum absolute atomic E-state index is 12.0. The largest absolute Gasteiger partial charge is 0.497 e. The molecule has 0 atom stereocenters. The van der Waals surface area contributed by atoms with Crippen molar-refractivity contribution >= 4 is 10.0 Å². The molecule has 0 fully saturated rings. The number of benzene rings is 1. The Morgan fingerprint density at radius 1 is 1.12 bits per heavy atom. The smallest absolute Gasteiger partial charge is 0.268 e. The third-order valence-electron chi connectivity index (χ3n) is 2.24. The molecular formula is C10H15NO5S. The molecule has 0 spiro atoms. The molecule has 0 saturated heterocycles. The Hall–Kier alpha value is -1.31. The van der Waals surface area contributed by atoms with E-state index in [0.717, 1.165) is 4.47 Å². The van der Waals surface area contributed by atoms with Gasteiger partial charge in [-0.1, -0.05) is 4.47 Å². The number of hydrogen-bond donors (Lipinski definition) is 0. The average Bonchev–Trinajstić information content (AvgIpc) is 2.36. The molecule has 0 aliphatic heterocycles. The van der Waals surface area contributed by atoms with E-state index in [9.17, 15) is 8.42 Å². The van der Waals surface area contributed by atoms with Gasteiger partial charge in [0.2, 0.25) is 0 Å². The fourth-order valence-electron chi connectivity index (χ4n) is 1.22. The second-order valence-corrected chi connectivity index (χ2v) is 5.02. The predicted molar refractivity (Wildman–Crippen MR) is 61.5 cm³/mol. The van der Waals surface area contributed by atoms with Crippen molar-refractivity contribution in [2.45, 2.75) is 4.90 Å². The summed E-state index contributed by atoms with van der Waals surface area (Å²) in [7, 11) is 1.73. The molecule has 96 valence electrons. The third kappa shape index (κ3) is 2.68. The molecule has 17 heavy (non-hydrogen) atoms. The van der Waals surface area contributed by atoms with Crippen LogP contribution >= 0.6 is 0 Å². The van der Waals surface area contributed by atoms with Crippen LogP contribution in [0, 0.1) is 0 Å². The van der Waals surface area contributed by atoms with Crippen LogP contribution in [0.25, 0.3) is 0 Å². The Morgan fingerprint density at radius 3 is 2.24 bits per heavy atom. The number of sulfonamides is 1. The zero-order valence-electron chi connectivity index (χ0n) is 10.1. The molecule has 0 N–H and O–H groups in total. The molecule has 0 heterocycles. The molecule has 0 unspecified atom stereocenters. The minimum absolute atomic E-state index is 0.0187. The van der Waals surface area contributed by atoms with Gasteiger partial charge in [-0.3, -0.25) is 4.84 Å². The van der Waals surface area contributed by atoms with E-state index in [-0.39, 0.29) is 10.6 Å². The fraction of sp³-hybridized carbons (Fsp3) is 0.400. The Bertz CT molecular complexity index is 485. The summed E-state index contributed by atoms with van der Waals surface area (Å²) in [5.74, 6) is 0.717. The second-order valence-electron chi connectivity index (χ2n) is 3.11. The number of ether oxygens (including phenoxy) is 2. The molecule has 1 rings (SSSR count). The first-order chi connectivity index (χ1) is 7.97. The van der Waals surface area contributed by atoms with Crippen molar-refractivity contribution in [3.63, 3.8) is 0 Å². The van der Waals surface area contributed by atoms with E-state index in [2.05, 4.69) is 4.84 Å². The van der Waals surface area contributed by atoms with Crippen molar-refractivity contribution in [3.8, 4) is 11.5 Å². The minimum atomic E-state index is -3.73. The van der Waals surface area contributed by atoms with Crippen LogP contribution in [0.5, 0.6) is 11.5 Å². The number of hydrogen-bond acceptors (Lipinski definition) is 5. The van der Waals surface area contributed by atoms with E-state index in [0.29, 0.717) is 5.75 Å². The summed E-state index contributed by atoms with van der Waals surface area (Å²) in [5.41, 5.74) is 0. The van der Waals surface area contributed by atoms with Crippen molar-refractivity contribution in [1.82, 2.24) is 4.47 Å². The van der Waals surface area contributed by atoms with Gasteiger partial charge in [-0.15, -0.1) is 0 Å². The van der Waals surface area contributed by atoms with Crippen molar-refractivity contribution in [2.24, 2.45) is 0 Å². The predicted octanol–water partition coefficient (Wildman–Crippen LogP) is 0.886. The molecule has 0 amide bonds.